The second kappa shape index (κ2) is 8.76. The summed E-state index contributed by atoms with van der Waals surface area (Å²) in [5, 5.41) is 2.34. The molecular weight excluding hydrogens is 382 g/mol. The lowest BCUT2D eigenvalue weighted by Crippen LogP contribution is -2.52. The zero-order chi connectivity index (χ0) is 21.3. The van der Waals surface area contributed by atoms with E-state index in [2.05, 4.69) is 24.1 Å². The van der Waals surface area contributed by atoms with Crippen molar-refractivity contribution >= 4 is 17.7 Å². The minimum absolute atomic E-state index is 0.146. The van der Waals surface area contributed by atoms with Gasteiger partial charge in [0.15, 0.2) is 0 Å². The van der Waals surface area contributed by atoms with Crippen LogP contribution in [0.5, 0.6) is 5.75 Å². The second-order valence-electron chi connectivity index (χ2n) is 9.11. The highest BCUT2D eigenvalue weighted by atomic mass is 16.5. The van der Waals surface area contributed by atoms with Crippen LogP contribution in [0.3, 0.4) is 0 Å². The molecule has 0 aliphatic carbocycles. The Kier molecular flexibility index (Phi) is 6.09. The lowest BCUT2D eigenvalue weighted by molar-refractivity contribution is -0.136. The van der Waals surface area contributed by atoms with Gasteiger partial charge in [0.25, 0.3) is 5.91 Å². The van der Waals surface area contributed by atoms with Gasteiger partial charge in [0.1, 0.15) is 17.9 Å². The van der Waals surface area contributed by atoms with Crippen LogP contribution in [0.4, 0.5) is 0 Å². The fraction of sp³-hybridized carbons (Fsp3) is 0.609. The van der Waals surface area contributed by atoms with E-state index < -0.39 is 6.04 Å². The lowest BCUT2D eigenvalue weighted by Gasteiger charge is -2.29. The number of piperidine rings is 1. The molecule has 2 atom stereocenters. The van der Waals surface area contributed by atoms with Crippen LogP contribution in [0.25, 0.3) is 0 Å². The third-order valence-corrected chi connectivity index (χ3v) is 6.13. The Morgan fingerprint density at radius 2 is 2.00 bits per heavy atom. The molecule has 2 fully saturated rings. The summed E-state index contributed by atoms with van der Waals surface area (Å²) in [5.41, 5.74) is 1.50. The Balaban J connectivity index is 1.43. The topological polar surface area (TPSA) is 79.0 Å². The van der Waals surface area contributed by atoms with E-state index in [9.17, 15) is 14.4 Å². The minimum atomic E-state index is -0.585. The maximum absolute atomic E-state index is 12.8. The summed E-state index contributed by atoms with van der Waals surface area (Å²) in [4.78, 5) is 40.5. The Morgan fingerprint density at radius 1 is 1.17 bits per heavy atom. The Labute approximate surface area is 177 Å². The third kappa shape index (κ3) is 4.51. The van der Waals surface area contributed by atoms with Gasteiger partial charge in [-0.3, -0.25) is 24.6 Å². The number of carbonyl (C=O) groups excluding carboxylic acids is 3. The van der Waals surface area contributed by atoms with Crippen molar-refractivity contribution in [2.75, 3.05) is 19.6 Å². The first-order valence-electron chi connectivity index (χ1n) is 11.1. The first kappa shape index (κ1) is 20.8. The van der Waals surface area contributed by atoms with Gasteiger partial charge < -0.3 is 9.64 Å². The Morgan fingerprint density at radius 3 is 2.77 bits per heavy atom. The first-order valence-corrected chi connectivity index (χ1v) is 11.1. The summed E-state index contributed by atoms with van der Waals surface area (Å²) < 4.78 is 6.33. The lowest BCUT2D eigenvalue weighted by atomic mass is 10.0. The summed E-state index contributed by atoms with van der Waals surface area (Å²) in [6.07, 6.45) is 4.18. The van der Waals surface area contributed by atoms with Gasteiger partial charge >= 0.3 is 0 Å². The molecule has 30 heavy (non-hydrogen) atoms. The number of nitrogens with zero attached hydrogens (tertiary/aromatic N) is 2. The van der Waals surface area contributed by atoms with Crippen molar-refractivity contribution in [3.05, 3.63) is 29.3 Å². The van der Waals surface area contributed by atoms with Crippen LogP contribution in [-0.2, 0) is 16.1 Å². The molecule has 3 aliphatic rings. The molecule has 1 N–H and O–H groups in total. The van der Waals surface area contributed by atoms with Crippen molar-refractivity contribution in [3.63, 3.8) is 0 Å². The molecule has 7 heteroatoms. The molecular formula is C23H31N3O4. The second-order valence-corrected chi connectivity index (χ2v) is 9.11. The number of likely N-dealkylation sites (tertiary alicyclic amines) is 1. The predicted molar refractivity (Wildman–Crippen MR) is 112 cm³/mol. The van der Waals surface area contributed by atoms with Gasteiger partial charge in [-0.15, -0.1) is 0 Å². The molecule has 1 aromatic carbocycles. The zero-order valence-corrected chi connectivity index (χ0v) is 17.9. The number of ether oxygens (including phenoxy) is 1. The largest absolute Gasteiger partial charge is 0.489 e. The number of hydrogen-bond acceptors (Lipinski definition) is 5. The average Bonchev–Trinajstić information content (AvgIpc) is 2.84. The number of benzene rings is 1. The van der Waals surface area contributed by atoms with E-state index in [0.29, 0.717) is 24.4 Å². The summed E-state index contributed by atoms with van der Waals surface area (Å²) in [7, 11) is 0. The fourth-order valence-electron chi connectivity index (χ4n) is 4.77. The van der Waals surface area contributed by atoms with Gasteiger partial charge in [0.2, 0.25) is 11.8 Å². The molecule has 1 aromatic rings. The van der Waals surface area contributed by atoms with Crippen LogP contribution in [0.2, 0.25) is 0 Å². The normalized spacial score (nSPS) is 25.3. The van der Waals surface area contributed by atoms with E-state index in [4.69, 9.17) is 4.74 Å². The number of imide groups is 1. The molecule has 162 valence electrons. The van der Waals surface area contributed by atoms with E-state index >= 15 is 0 Å². The van der Waals surface area contributed by atoms with Crippen molar-refractivity contribution in [3.8, 4) is 5.75 Å². The Bertz CT molecular complexity index is 838. The Hall–Kier alpha value is -2.41. The van der Waals surface area contributed by atoms with E-state index in [1.165, 1.54) is 6.42 Å². The van der Waals surface area contributed by atoms with Crippen LogP contribution in [0.1, 0.15) is 61.9 Å². The molecule has 0 aromatic heterocycles. The van der Waals surface area contributed by atoms with E-state index in [-0.39, 0.29) is 30.2 Å². The van der Waals surface area contributed by atoms with E-state index in [1.807, 2.05) is 18.2 Å². The SMILES string of the molecule is CC(C)CN1CCCCC(Oc2ccc3c(c2)CN(C2CCC(=O)NC2=O)C3=O)C1. The van der Waals surface area contributed by atoms with Gasteiger partial charge in [0.05, 0.1) is 0 Å². The maximum Gasteiger partial charge on any atom is 0.255 e. The number of fused-ring (bicyclic) bond motifs is 1. The molecule has 0 bridgehead atoms. The number of amides is 3. The summed E-state index contributed by atoms with van der Waals surface area (Å²) >= 11 is 0. The highest BCUT2D eigenvalue weighted by Crippen LogP contribution is 2.31. The molecule has 0 radical (unpaired) electrons. The van der Waals surface area contributed by atoms with Gasteiger partial charge in [-0.2, -0.15) is 0 Å². The molecule has 2 unspecified atom stereocenters. The number of carbonyl (C=O) groups is 3. The standard InChI is InChI=1S/C23H31N3O4/c1-15(2)12-25-10-4-3-5-18(14-25)30-17-6-7-19-16(11-17)13-26(23(19)29)20-8-9-21(27)24-22(20)28/h6-7,11,15,18,20H,3-5,8-10,12-14H2,1-2H3,(H,24,27,28). The molecule has 3 amide bonds. The minimum Gasteiger partial charge on any atom is -0.489 e. The highest BCUT2D eigenvalue weighted by Gasteiger charge is 2.39. The van der Waals surface area contributed by atoms with Crippen molar-refractivity contribution in [2.45, 2.75) is 64.6 Å². The van der Waals surface area contributed by atoms with Gasteiger partial charge in [-0.05, 0) is 61.9 Å². The molecule has 0 saturated carbocycles. The molecule has 3 aliphatic heterocycles. The van der Waals surface area contributed by atoms with E-state index in [0.717, 1.165) is 43.8 Å². The average molecular weight is 414 g/mol. The van der Waals surface area contributed by atoms with Gasteiger partial charge in [0, 0.05) is 31.6 Å². The molecule has 4 rings (SSSR count). The molecule has 2 saturated heterocycles. The van der Waals surface area contributed by atoms with Crippen molar-refractivity contribution in [1.82, 2.24) is 15.1 Å². The first-order chi connectivity index (χ1) is 14.4. The highest BCUT2D eigenvalue weighted by molar-refractivity contribution is 6.05. The maximum atomic E-state index is 12.8. The zero-order valence-electron chi connectivity index (χ0n) is 17.9. The number of nitrogens with one attached hydrogen (secondary N) is 1. The van der Waals surface area contributed by atoms with Crippen LogP contribution in [0, 0.1) is 5.92 Å². The van der Waals surface area contributed by atoms with Crippen LogP contribution in [0.15, 0.2) is 18.2 Å². The fourth-order valence-corrected chi connectivity index (χ4v) is 4.77. The van der Waals surface area contributed by atoms with E-state index in [1.54, 1.807) is 4.90 Å². The monoisotopic (exact) mass is 413 g/mol. The van der Waals surface area contributed by atoms with Crippen molar-refractivity contribution < 1.29 is 19.1 Å². The number of rotatable bonds is 5. The van der Waals surface area contributed by atoms with Crippen molar-refractivity contribution in [1.29, 1.82) is 0 Å². The smallest absolute Gasteiger partial charge is 0.255 e. The third-order valence-electron chi connectivity index (χ3n) is 6.13. The van der Waals surface area contributed by atoms with Crippen LogP contribution >= 0.6 is 0 Å². The summed E-state index contributed by atoms with van der Waals surface area (Å²) in [5.74, 6) is 0.610. The molecule has 7 nitrogen and oxygen atoms in total. The van der Waals surface area contributed by atoms with Gasteiger partial charge in [-0.25, -0.2) is 0 Å². The van der Waals surface area contributed by atoms with Crippen LogP contribution < -0.4 is 10.1 Å². The van der Waals surface area contributed by atoms with Crippen molar-refractivity contribution in [2.24, 2.45) is 5.92 Å². The number of hydrogen-bond donors (Lipinski definition) is 1. The quantitative estimate of drug-likeness (QED) is 0.750. The molecule has 3 heterocycles. The molecule has 0 spiro atoms. The predicted octanol–water partition coefficient (Wildman–Crippen LogP) is 2.34. The summed E-state index contributed by atoms with van der Waals surface area (Å²) in [6, 6.07) is 5.03. The van der Waals surface area contributed by atoms with Gasteiger partial charge in [-0.1, -0.05) is 13.8 Å². The van der Waals surface area contributed by atoms with Crippen LogP contribution in [-0.4, -0.2) is 59.3 Å². The summed E-state index contributed by atoms with van der Waals surface area (Å²) in [6.45, 7) is 7.99.